The van der Waals surface area contributed by atoms with Gasteiger partial charge in [0.2, 0.25) is 0 Å². The number of halogens is 1. The first-order chi connectivity index (χ1) is 8.95. The average Bonchev–Trinajstić information content (AvgIpc) is 2.34. The minimum Gasteiger partial charge on any atom is -0.466 e. The highest BCUT2D eigenvalue weighted by Gasteiger charge is 2.12. The van der Waals surface area contributed by atoms with Gasteiger partial charge in [-0.3, -0.25) is 4.79 Å². The average molecular weight is 286 g/mol. The maximum absolute atomic E-state index is 11.2. The largest absolute Gasteiger partial charge is 0.466 e. The Hall–Kier alpha value is -1.36. The standard InChI is InChI=1S/C13H20ClN3O2/c1-5-19-10(18)6-7-15-13-9(4)11(14)16-12(17-13)8(2)3/h8H,5-7H2,1-4H3,(H,15,16,17). The third-order valence-corrected chi connectivity index (χ3v) is 2.91. The number of carbonyl (C=O) groups is 1. The van der Waals surface area contributed by atoms with Crippen molar-refractivity contribution in [2.24, 2.45) is 0 Å². The Morgan fingerprint density at radius 2 is 2.11 bits per heavy atom. The molecule has 0 spiro atoms. The van der Waals surface area contributed by atoms with Crippen LogP contribution in [-0.4, -0.2) is 29.1 Å². The third kappa shape index (κ3) is 4.67. The molecule has 1 heterocycles. The van der Waals surface area contributed by atoms with Gasteiger partial charge in [0.1, 0.15) is 16.8 Å². The third-order valence-electron chi connectivity index (χ3n) is 2.55. The van der Waals surface area contributed by atoms with Crippen LogP contribution in [0.4, 0.5) is 5.82 Å². The van der Waals surface area contributed by atoms with Crippen molar-refractivity contribution in [1.82, 2.24) is 9.97 Å². The molecule has 1 N–H and O–H groups in total. The fraction of sp³-hybridized carbons (Fsp3) is 0.615. The van der Waals surface area contributed by atoms with Crippen LogP contribution in [0.25, 0.3) is 0 Å². The van der Waals surface area contributed by atoms with Gasteiger partial charge in [0, 0.05) is 18.0 Å². The van der Waals surface area contributed by atoms with Gasteiger partial charge >= 0.3 is 5.97 Å². The topological polar surface area (TPSA) is 64.1 Å². The highest BCUT2D eigenvalue weighted by Crippen LogP contribution is 2.22. The van der Waals surface area contributed by atoms with E-state index in [-0.39, 0.29) is 11.9 Å². The second-order valence-electron chi connectivity index (χ2n) is 4.48. The molecule has 0 fully saturated rings. The molecule has 1 aromatic rings. The number of carbonyl (C=O) groups excluding carboxylic acids is 1. The molecule has 106 valence electrons. The molecule has 0 aliphatic heterocycles. The van der Waals surface area contributed by atoms with Gasteiger partial charge in [-0.25, -0.2) is 9.97 Å². The number of aromatic nitrogens is 2. The first kappa shape index (κ1) is 15.7. The highest BCUT2D eigenvalue weighted by molar-refractivity contribution is 6.30. The van der Waals surface area contributed by atoms with Crippen LogP contribution >= 0.6 is 11.6 Å². The lowest BCUT2D eigenvalue weighted by atomic mass is 10.2. The smallest absolute Gasteiger partial charge is 0.307 e. The predicted molar refractivity (Wildman–Crippen MR) is 75.6 cm³/mol. The minimum absolute atomic E-state index is 0.198. The first-order valence-corrected chi connectivity index (χ1v) is 6.77. The van der Waals surface area contributed by atoms with E-state index in [4.69, 9.17) is 16.3 Å². The highest BCUT2D eigenvalue weighted by atomic mass is 35.5. The van der Waals surface area contributed by atoms with Crippen molar-refractivity contribution >= 4 is 23.4 Å². The Kier molecular flexibility index (Phi) is 6.02. The molecule has 0 bridgehead atoms. The Balaban J connectivity index is 2.69. The quantitative estimate of drug-likeness (QED) is 0.643. The van der Waals surface area contributed by atoms with Gasteiger partial charge in [0.15, 0.2) is 0 Å². The van der Waals surface area contributed by atoms with Gasteiger partial charge in [0.25, 0.3) is 0 Å². The van der Waals surface area contributed by atoms with Crippen LogP contribution in [0.3, 0.4) is 0 Å². The van der Waals surface area contributed by atoms with Crippen LogP contribution in [0.1, 0.15) is 44.5 Å². The molecular weight excluding hydrogens is 266 g/mol. The van der Waals surface area contributed by atoms with E-state index >= 15 is 0 Å². The summed E-state index contributed by atoms with van der Waals surface area (Å²) in [5.74, 6) is 1.34. The van der Waals surface area contributed by atoms with Crippen molar-refractivity contribution in [3.05, 3.63) is 16.5 Å². The number of anilines is 1. The molecule has 0 aliphatic rings. The molecule has 1 rings (SSSR count). The van der Waals surface area contributed by atoms with Crippen molar-refractivity contribution in [3.8, 4) is 0 Å². The lowest BCUT2D eigenvalue weighted by Crippen LogP contribution is -2.14. The summed E-state index contributed by atoms with van der Waals surface area (Å²) in [5.41, 5.74) is 0.787. The van der Waals surface area contributed by atoms with Gasteiger partial charge in [-0.05, 0) is 13.8 Å². The van der Waals surface area contributed by atoms with E-state index in [2.05, 4.69) is 15.3 Å². The van der Waals surface area contributed by atoms with E-state index < -0.39 is 0 Å². The van der Waals surface area contributed by atoms with E-state index in [1.165, 1.54) is 0 Å². The lowest BCUT2D eigenvalue weighted by molar-refractivity contribution is -0.142. The summed E-state index contributed by atoms with van der Waals surface area (Å²) in [5, 5.41) is 3.54. The molecular formula is C13H20ClN3O2. The summed E-state index contributed by atoms with van der Waals surface area (Å²) in [4.78, 5) is 19.9. The van der Waals surface area contributed by atoms with Crippen molar-refractivity contribution in [3.63, 3.8) is 0 Å². The van der Waals surface area contributed by atoms with E-state index in [0.29, 0.717) is 36.4 Å². The van der Waals surface area contributed by atoms with Crippen LogP contribution < -0.4 is 5.32 Å². The number of hydrogen-bond acceptors (Lipinski definition) is 5. The van der Waals surface area contributed by atoms with Gasteiger partial charge < -0.3 is 10.1 Å². The normalized spacial score (nSPS) is 10.6. The molecule has 6 heteroatoms. The number of esters is 1. The summed E-state index contributed by atoms with van der Waals surface area (Å²) in [7, 11) is 0. The molecule has 19 heavy (non-hydrogen) atoms. The molecule has 5 nitrogen and oxygen atoms in total. The first-order valence-electron chi connectivity index (χ1n) is 6.39. The SMILES string of the molecule is CCOC(=O)CCNc1nc(C(C)C)nc(Cl)c1C. The van der Waals surface area contributed by atoms with E-state index in [9.17, 15) is 4.79 Å². The molecule has 1 aromatic heterocycles. The Labute approximate surface area is 118 Å². The molecule has 0 aliphatic carbocycles. The molecule has 0 atom stereocenters. The molecule has 0 unspecified atom stereocenters. The summed E-state index contributed by atoms with van der Waals surface area (Å²) in [6.45, 7) is 8.50. The molecule has 0 saturated heterocycles. The van der Waals surface area contributed by atoms with Crippen molar-refractivity contribution in [1.29, 1.82) is 0 Å². The zero-order valence-corrected chi connectivity index (χ0v) is 12.5. The Bertz CT molecular complexity index is 450. The maximum Gasteiger partial charge on any atom is 0.307 e. The minimum atomic E-state index is -0.225. The zero-order valence-electron chi connectivity index (χ0n) is 11.8. The number of rotatable bonds is 6. The van der Waals surface area contributed by atoms with E-state index in [1.807, 2.05) is 20.8 Å². The van der Waals surface area contributed by atoms with Gasteiger partial charge in [-0.2, -0.15) is 0 Å². The van der Waals surface area contributed by atoms with Crippen LogP contribution in [0.2, 0.25) is 5.15 Å². The van der Waals surface area contributed by atoms with E-state index in [1.54, 1.807) is 6.92 Å². The second kappa shape index (κ2) is 7.28. The van der Waals surface area contributed by atoms with E-state index in [0.717, 1.165) is 5.56 Å². The fourth-order valence-corrected chi connectivity index (χ4v) is 1.63. The summed E-state index contributed by atoms with van der Waals surface area (Å²) in [6, 6.07) is 0. The van der Waals surface area contributed by atoms with Crippen LogP contribution in [0.5, 0.6) is 0 Å². The van der Waals surface area contributed by atoms with Gasteiger partial charge in [-0.1, -0.05) is 25.4 Å². The predicted octanol–water partition coefficient (Wildman–Crippen LogP) is 2.93. The second-order valence-corrected chi connectivity index (χ2v) is 4.84. The maximum atomic E-state index is 11.2. The number of hydrogen-bond donors (Lipinski definition) is 1. The van der Waals surface area contributed by atoms with Gasteiger partial charge in [-0.15, -0.1) is 0 Å². The summed E-state index contributed by atoms with van der Waals surface area (Å²) >= 11 is 6.07. The number of nitrogens with zero attached hydrogens (tertiary/aromatic N) is 2. The lowest BCUT2D eigenvalue weighted by Gasteiger charge is -2.12. The van der Waals surface area contributed by atoms with Gasteiger partial charge in [0.05, 0.1) is 13.0 Å². The summed E-state index contributed by atoms with van der Waals surface area (Å²) in [6.07, 6.45) is 0.298. The molecule has 0 aromatic carbocycles. The van der Waals surface area contributed by atoms with Crippen LogP contribution in [0.15, 0.2) is 0 Å². The van der Waals surface area contributed by atoms with Crippen molar-refractivity contribution in [2.45, 2.75) is 40.0 Å². The van der Waals surface area contributed by atoms with Crippen LogP contribution in [-0.2, 0) is 9.53 Å². The van der Waals surface area contributed by atoms with Crippen molar-refractivity contribution in [2.75, 3.05) is 18.5 Å². The summed E-state index contributed by atoms with van der Waals surface area (Å²) < 4.78 is 4.86. The Morgan fingerprint density at radius 1 is 1.42 bits per heavy atom. The molecule has 0 radical (unpaired) electrons. The van der Waals surface area contributed by atoms with Crippen molar-refractivity contribution < 1.29 is 9.53 Å². The monoisotopic (exact) mass is 285 g/mol. The van der Waals surface area contributed by atoms with Crippen LogP contribution in [0, 0.1) is 6.92 Å². The number of ether oxygens (including phenoxy) is 1. The zero-order chi connectivity index (χ0) is 14.4. The molecule has 0 amide bonds. The molecule has 0 saturated carbocycles. The Morgan fingerprint density at radius 3 is 2.68 bits per heavy atom. The fourth-order valence-electron chi connectivity index (χ4n) is 1.45. The number of nitrogens with one attached hydrogen (secondary N) is 1.